The van der Waals surface area contributed by atoms with Crippen LogP contribution in [-0.2, 0) is 0 Å². The van der Waals surface area contributed by atoms with Crippen molar-refractivity contribution < 1.29 is 19.0 Å². The second-order valence-corrected chi connectivity index (χ2v) is 4.85. The Morgan fingerprint density at radius 1 is 1.00 bits per heavy atom. The summed E-state index contributed by atoms with van der Waals surface area (Å²) >= 11 is 0. The Morgan fingerprint density at radius 2 is 1.80 bits per heavy atom. The summed E-state index contributed by atoms with van der Waals surface area (Å²) in [5.41, 5.74) is 2.68. The van der Waals surface area contributed by atoms with E-state index in [9.17, 15) is 5.11 Å². The summed E-state index contributed by atoms with van der Waals surface area (Å²) in [6.45, 7) is 2.26. The van der Waals surface area contributed by atoms with Gasteiger partial charge in [0.15, 0.2) is 11.5 Å². The first-order chi connectivity index (χ1) is 9.70. The van der Waals surface area contributed by atoms with Gasteiger partial charge in [-0.05, 0) is 42.8 Å². The standard InChI is InChI=1S/C16H12O4/c1-9-4-15-16(19-8-18-15)7-12(9)14-5-10-2-3-11(17)6-13(10)20-14/h2-7,17H,8H2,1H3. The van der Waals surface area contributed by atoms with Crippen molar-refractivity contribution in [3.63, 3.8) is 0 Å². The third kappa shape index (κ3) is 1.61. The number of rotatable bonds is 1. The van der Waals surface area contributed by atoms with Crippen LogP contribution in [0.4, 0.5) is 0 Å². The average molecular weight is 268 g/mol. The highest BCUT2D eigenvalue weighted by Crippen LogP contribution is 2.40. The number of aryl methyl sites for hydroxylation is 1. The molecule has 0 radical (unpaired) electrons. The molecular weight excluding hydrogens is 256 g/mol. The SMILES string of the molecule is Cc1cc2c(cc1-c1cc3ccc(O)cc3o1)OCO2. The minimum absolute atomic E-state index is 0.195. The number of aromatic hydroxyl groups is 1. The number of fused-ring (bicyclic) bond motifs is 2. The van der Waals surface area contributed by atoms with Crippen LogP contribution in [0.5, 0.6) is 17.2 Å². The molecule has 1 N–H and O–H groups in total. The van der Waals surface area contributed by atoms with Crippen molar-refractivity contribution in [3.05, 3.63) is 42.0 Å². The predicted octanol–water partition coefficient (Wildman–Crippen LogP) is 3.84. The van der Waals surface area contributed by atoms with Gasteiger partial charge in [0, 0.05) is 17.0 Å². The van der Waals surface area contributed by atoms with E-state index in [4.69, 9.17) is 13.9 Å². The molecule has 100 valence electrons. The lowest BCUT2D eigenvalue weighted by molar-refractivity contribution is 0.174. The zero-order chi connectivity index (χ0) is 13.7. The van der Waals surface area contributed by atoms with Crippen molar-refractivity contribution in [1.29, 1.82) is 0 Å². The van der Waals surface area contributed by atoms with Crippen molar-refractivity contribution in [2.45, 2.75) is 6.92 Å². The number of phenolic OH excluding ortho intramolecular Hbond substituents is 1. The zero-order valence-corrected chi connectivity index (χ0v) is 10.8. The van der Waals surface area contributed by atoms with Gasteiger partial charge in [0.1, 0.15) is 17.1 Å². The van der Waals surface area contributed by atoms with Gasteiger partial charge in [-0.3, -0.25) is 0 Å². The maximum absolute atomic E-state index is 9.49. The van der Waals surface area contributed by atoms with Crippen molar-refractivity contribution in [3.8, 4) is 28.6 Å². The molecule has 3 aromatic rings. The van der Waals surface area contributed by atoms with Crippen molar-refractivity contribution in [2.24, 2.45) is 0 Å². The van der Waals surface area contributed by atoms with E-state index in [0.29, 0.717) is 5.58 Å². The highest BCUT2D eigenvalue weighted by Gasteiger charge is 2.18. The Labute approximate surface area is 115 Å². The fourth-order valence-corrected chi connectivity index (χ4v) is 2.46. The largest absolute Gasteiger partial charge is 0.508 e. The molecular formula is C16H12O4. The number of hydrogen-bond acceptors (Lipinski definition) is 4. The van der Waals surface area contributed by atoms with Crippen molar-refractivity contribution in [2.75, 3.05) is 6.79 Å². The highest BCUT2D eigenvalue weighted by atomic mass is 16.7. The Bertz CT molecular complexity index is 817. The van der Waals surface area contributed by atoms with E-state index in [2.05, 4.69) is 0 Å². The Balaban J connectivity index is 1.90. The van der Waals surface area contributed by atoms with Crippen LogP contribution in [0.1, 0.15) is 5.56 Å². The highest BCUT2D eigenvalue weighted by molar-refractivity contribution is 5.85. The van der Waals surface area contributed by atoms with Crippen LogP contribution >= 0.6 is 0 Å². The van der Waals surface area contributed by atoms with Crippen LogP contribution in [0.25, 0.3) is 22.3 Å². The predicted molar refractivity (Wildman–Crippen MR) is 74.2 cm³/mol. The smallest absolute Gasteiger partial charge is 0.231 e. The summed E-state index contributed by atoms with van der Waals surface area (Å²) in [4.78, 5) is 0. The fraction of sp³-hybridized carbons (Fsp3) is 0.125. The lowest BCUT2D eigenvalue weighted by Gasteiger charge is -2.04. The summed E-state index contributed by atoms with van der Waals surface area (Å²) < 4.78 is 16.6. The van der Waals surface area contributed by atoms with Crippen LogP contribution in [0, 0.1) is 6.92 Å². The third-order valence-corrected chi connectivity index (χ3v) is 3.49. The second kappa shape index (κ2) is 3.93. The molecule has 1 aliphatic rings. The zero-order valence-electron chi connectivity index (χ0n) is 10.8. The molecule has 4 rings (SSSR count). The number of phenols is 1. The molecule has 2 heterocycles. The van der Waals surface area contributed by atoms with Gasteiger partial charge >= 0.3 is 0 Å². The molecule has 0 atom stereocenters. The molecule has 0 fully saturated rings. The van der Waals surface area contributed by atoms with Crippen molar-refractivity contribution in [1.82, 2.24) is 0 Å². The molecule has 0 unspecified atom stereocenters. The van der Waals surface area contributed by atoms with E-state index in [0.717, 1.165) is 33.8 Å². The van der Waals surface area contributed by atoms with Crippen molar-refractivity contribution >= 4 is 11.0 Å². The number of furan rings is 1. The van der Waals surface area contributed by atoms with Gasteiger partial charge in [-0.2, -0.15) is 0 Å². The van der Waals surface area contributed by atoms with Crippen LogP contribution in [0.2, 0.25) is 0 Å². The lowest BCUT2D eigenvalue weighted by Crippen LogP contribution is -1.92. The molecule has 0 aliphatic carbocycles. The summed E-state index contributed by atoms with van der Waals surface area (Å²) in [6.07, 6.45) is 0. The van der Waals surface area contributed by atoms with Crippen LogP contribution in [-0.4, -0.2) is 11.9 Å². The van der Waals surface area contributed by atoms with Gasteiger partial charge in [0.25, 0.3) is 0 Å². The maximum Gasteiger partial charge on any atom is 0.231 e. The molecule has 0 spiro atoms. The summed E-state index contributed by atoms with van der Waals surface area (Å²) in [5.74, 6) is 2.44. The molecule has 4 heteroatoms. The van der Waals surface area contributed by atoms with Gasteiger partial charge in [-0.1, -0.05) is 0 Å². The molecule has 0 saturated carbocycles. The van der Waals surface area contributed by atoms with Gasteiger partial charge in [-0.25, -0.2) is 0 Å². The Kier molecular flexibility index (Phi) is 2.21. The molecule has 2 aromatic carbocycles. The normalized spacial score (nSPS) is 13.1. The van der Waals surface area contributed by atoms with Crippen LogP contribution in [0.15, 0.2) is 40.8 Å². The van der Waals surface area contributed by atoms with E-state index in [-0.39, 0.29) is 12.5 Å². The van der Waals surface area contributed by atoms with Gasteiger partial charge in [-0.15, -0.1) is 0 Å². The lowest BCUT2D eigenvalue weighted by atomic mass is 10.1. The average Bonchev–Trinajstić information content (AvgIpc) is 3.02. The van der Waals surface area contributed by atoms with Crippen LogP contribution in [0.3, 0.4) is 0 Å². The molecule has 1 aromatic heterocycles. The molecule has 1 aliphatic heterocycles. The summed E-state index contributed by atoms with van der Waals surface area (Å²) in [7, 11) is 0. The quantitative estimate of drug-likeness (QED) is 0.728. The Morgan fingerprint density at radius 3 is 2.65 bits per heavy atom. The molecule has 0 amide bonds. The monoisotopic (exact) mass is 268 g/mol. The summed E-state index contributed by atoms with van der Waals surface area (Å²) in [6, 6.07) is 10.9. The first-order valence-electron chi connectivity index (χ1n) is 6.34. The topological polar surface area (TPSA) is 51.8 Å². The molecule has 4 nitrogen and oxygen atoms in total. The second-order valence-electron chi connectivity index (χ2n) is 4.85. The third-order valence-electron chi connectivity index (χ3n) is 3.49. The summed E-state index contributed by atoms with van der Waals surface area (Å²) in [5, 5.41) is 10.4. The Hall–Kier alpha value is -2.62. The van der Waals surface area contributed by atoms with Gasteiger partial charge in [0.2, 0.25) is 6.79 Å². The minimum Gasteiger partial charge on any atom is -0.508 e. The molecule has 0 bridgehead atoms. The maximum atomic E-state index is 9.49. The van der Waals surface area contributed by atoms with Crippen LogP contribution < -0.4 is 9.47 Å². The number of ether oxygens (including phenoxy) is 2. The van der Waals surface area contributed by atoms with E-state index >= 15 is 0 Å². The number of hydrogen-bond donors (Lipinski definition) is 1. The molecule has 20 heavy (non-hydrogen) atoms. The van der Waals surface area contributed by atoms with E-state index in [1.165, 1.54) is 0 Å². The van der Waals surface area contributed by atoms with Gasteiger partial charge < -0.3 is 19.0 Å². The number of benzene rings is 2. The minimum atomic E-state index is 0.195. The fourth-order valence-electron chi connectivity index (χ4n) is 2.46. The van der Waals surface area contributed by atoms with Gasteiger partial charge in [0.05, 0.1) is 0 Å². The first kappa shape index (κ1) is 11.2. The van der Waals surface area contributed by atoms with E-state index < -0.39 is 0 Å². The molecule has 0 saturated heterocycles. The van der Waals surface area contributed by atoms with E-state index in [1.807, 2.05) is 31.2 Å². The van der Waals surface area contributed by atoms with E-state index in [1.54, 1.807) is 12.1 Å². The first-order valence-corrected chi connectivity index (χ1v) is 6.34.